The van der Waals surface area contributed by atoms with E-state index in [1.807, 2.05) is 0 Å². The van der Waals surface area contributed by atoms with Gasteiger partial charge in [0, 0.05) is 19.4 Å². The number of aliphatic hydroxyl groups excluding tert-OH is 1. The molecule has 0 unspecified atom stereocenters. The summed E-state index contributed by atoms with van der Waals surface area (Å²) in [5, 5.41) is 8.20. The third kappa shape index (κ3) is 19.2. The minimum Gasteiger partial charge on any atom is -0.396 e. The Morgan fingerprint density at radius 2 is 1.44 bits per heavy atom. The zero-order valence-electron chi connectivity index (χ0n) is 11.8. The molecule has 0 aromatic heterocycles. The standard InChI is InChI=1S/C9H18O.C5H12O/c1-7(2)5-9(10)6-8(3)4;1-2-3-4-5-6/h7-8H,5-6H2,1-4H3;6H,2-5H2,1H3. The highest BCUT2D eigenvalue weighted by molar-refractivity contribution is 5.78. The van der Waals surface area contributed by atoms with Crippen molar-refractivity contribution in [1.82, 2.24) is 0 Å². The molecule has 0 saturated carbocycles. The van der Waals surface area contributed by atoms with Crippen molar-refractivity contribution in [3.05, 3.63) is 0 Å². The molecule has 0 saturated heterocycles. The van der Waals surface area contributed by atoms with Gasteiger partial charge in [0.15, 0.2) is 0 Å². The predicted molar refractivity (Wildman–Crippen MR) is 70.5 cm³/mol. The minimum atomic E-state index is 0.355. The zero-order valence-corrected chi connectivity index (χ0v) is 11.8. The fourth-order valence-corrected chi connectivity index (χ4v) is 1.36. The van der Waals surface area contributed by atoms with Crippen LogP contribution in [0.2, 0.25) is 0 Å². The lowest BCUT2D eigenvalue weighted by Crippen LogP contribution is -2.05. The van der Waals surface area contributed by atoms with Crippen molar-refractivity contribution in [3.63, 3.8) is 0 Å². The second kappa shape index (κ2) is 12.7. The molecule has 1 N–H and O–H groups in total. The van der Waals surface area contributed by atoms with E-state index in [4.69, 9.17) is 5.11 Å². The van der Waals surface area contributed by atoms with Gasteiger partial charge in [-0.15, -0.1) is 0 Å². The number of hydrogen-bond donors (Lipinski definition) is 1. The van der Waals surface area contributed by atoms with Crippen molar-refractivity contribution >= 4 is 5.78 Å². The molecule has 0 radical (unpaired) electrons. The van der Waals surface area contributed by atoms with Gasteiger partial charge in [0.25, 0.3) is 0 Å². The molecule has 0 bridgehead atoms. The van der Waals surface area contributed by atoms with E-state index in [-0.39, 0.29) is 0 Å². The van der Waals surface area contributed by atoms with Crippen molar-refractivity contribution in [2.45, 2.75) is 66.7 Å². The monoisotopic (exact) mass is 230 g/mol. The summed E-state index contributed by atoms with van der Waals surface area (Å²) in [5.74, 6) is 1.45. The molecule has 0 aromatic rings. The molecule has 0 fully saturated rings. The molecule has 2 heteroatoms. The number of rotatable bonds is 7. The van der Waals surface area contributed by atoms with Gasteiger partial charge < -0.3 is 5.11 Å². The van der Waals surface area contributed by atoms with Crippen molar-refractivity contribution in [2.75, 3.05) is 6.61 Å². The highest BCUT2D eigenvalue weighted by Gasteiger charge is 2.06. The average molecular weight is 230 g/mol. The molecule has 2 nitrogen and oxygen atoms in total. The van der Waals surface area contributed by atoms with Crippen LogP contribution in [0.25, 0.3) is 0 Å². The van der Waals surface area contributed by atoms with Gasteiger partial charge in [-0.2, -0.15) is 0 Å². The normalized spacial score (nSPS) is 10.2. The third-order valence-corrected chi connectivity index (χ3v) is 2.03. The predicted octanol–water partition coefficient (Wildman–Crippen LogP) is 3.82. The van der Waals surface area contributed by atoms with Crippen LogP contribution in [0.15, 0.2) is 0 Å². The Labute approximate surface area is 101 Å². The summed E-state index contributed by atoms with van der Waals surface area (Å²) in [4.78, 5) is 11.1. The fraction of sp³-hybridized carbons (Fsp3) is 0.929. The number of hydrogen-bond acceptors (Lipinski definition) is 2. The fourth-order valence-electron chi connectivity index (χ4n) is 1.36. The van der Waals surface area contributed by atoms with Gasteiger partial charge in [-0.05, 0) is 18.3 Å². The molecule has 0 rings (SSSR count). The van der Waals surface area contributed by atoms with Crippen LogP contribution in [0.1, 0.15) is 66.7 Å². The lowest BCUT2D eigenvalue weighted by atomic mass is 10.00. The molecular weight excluding hydrogens is 200 g/mol. The van der Waals surface area contributed by atoms with E-state index in [1.165, 1.54) is 6.42 Å². The number of ketones is 1. The number of carbonyl (C=O) groups excluding carboxylic acids is 1. The van der Waals surface area contributed by atoms with E-state index in [1.54, 1.807) is 0 Å². The first kappa shape index (κ1) is 18.0. The summed E-state index contributed by atoms with van der Waals surface area (Å²) in [6.07, 6.45) is 4.82. The SMILES string of the molecule is CC(C)CC(=O)CC(C)C.CCCCCO. The van der Waals surface area contributed by atoms with E-state index in [2.05, 4.69) is 34.6 Å². The first-order chi connectivity index (χ1) is 7.43. The van der Waals surface area contributed by atoms with E-state index in [0.717, 1.165) is 25.7 Å². The van der Waals surface area contributed by atoms with Crippen LogP contribution in [-0.4, -0.2) is 17.5 Å². The molecule has 98 valence electrons. The summed E-state index contributed by atoms with van der Waals surface area (Å²) in [6, 6.07) is 0. The van der Waals surface area contributed by atoms with E-state index in [9.17, 15) is 4.79 Å². The average Bonchev–Trinajstić information content (AvgIpc) is 2.12. The molecular formula is C14H30O2. The first-order valence-corrected chi connectivity index (χ1v) is 6.56. The molecule has 0 aliphatic heterocycles. The first-order valence-electron chi connectivity index (χ1n) is 6.56. The van der Waals surface area contributed by atoms with Crippen molar-refractivity contribution in [2.24, 2.45) is 11.8 Å². The number of unbranched alkanes of at least 4 members (excludes halogenated alkanes) is 2. The maximum absolute atomic E-state index is 11.1. The summed E-state index contributed by atoms with van der Waals surface area (Å²) < 4.78 is 0. The molecule has 0 atom stereocenters. The number of carbonyl (C=O) groups is 1. The van der Waals surface area contributed by atoms with Gasteiger partial charge in [0.05, 0.1) is 0 Å². The van der Waals surface area contributed by atoms with Gasteiger partial charge in [0.2, 0.25) is 0 Å². The topological polar surface area (TPSA) is 37.3 Å². The van der Waals surface area contributed by atoms with E-state index in [0.29, 0.717) is 24.2 Å². The molecule has 16 heavy (non-hydrogen) atoms. The number of Topliss-reactive ketones (excluding diaryl/α,β-unsaturated/α-hetero) is 1. The van der Waals surface area contributed by atoms with Gasteiger partial charge in [-0.1, -0.05) is 47.5 Å². The second-order valence-electron chi connectivity index (χ2n) is 5.17. The largest absolute Gasteiger partial charge is 0.396 e. The van der Waals surface area contributed by atoms with Crippen LogP contribution in [-0.2, 0) is 4.79 Å². The Morgan fingerprint density at radius 1 is 1.00 bits per heavy atom. The summed E-state index contributed by atoms with van der Waals surface area (Å²) in [7, 11) is 0. The quantitative estimate of drug-likeness (QED) is 0.675. The summed E-state index contributed by atoms with van der Waals surface area (Å²) >= 11 is 0. The van der Waals surface area contributed by atoms with Crippen molar-refractivity contribution < 1.29 is 9.90 Å². The molecule has 0 aliphatic carbocycles. The molecule has 0 aromatic carbocycles. The van der Waals surface area contributed by atoms with E-state index >= 15 is 0 Å². The van der Waals surface area contributed by atoms with Crippen LogP contribution >= 0.6 is 0 Å². The minimum absolute atomic E-state index is 0.355. The zero-order chi connectivity index (χ0) is 13.0. The van der Waals surface area contributed by atoms with Crippen LogP contribution in [0.4, 0.5) is 0 Å². The van der Waals surface area contributed by atoms with E-state index < -0.39 is 0 Å². The van der Waals surface area contributed by atoms with Gasteiger partial charge in [-0.25, -0.2) is 0 Å². The maximum Gasteiger partial charge on any atom is 0.133 e. The van der Waals surface area contributed by atoms with Crippen LogP contribution < -0.4 is 0 Å². The third-order valence-electron chi connectivity index (χ3n) is 2.03. The Balaban J connectivity index is 0. The van der Waals surface area contributed by atoms with Gasteiger partial charge in [0.1, 0.15) is 5.78 Å². The van der Waals surface area contributed by atoms with Crippen molar-refractivity contribution in [1.29, 1.82) is 0 Å². The smallest absolute Gasteiger partial charge is 0.133 e. The summed E-state index contributed by atoms with van der Waals surface area (Å²) in [6.45, 7) is 10.8. The maximum atomic E-state index is 11.1. The molecule has 0 spiro atoms. The lowest BCUT2D eigenvalue weighted by molar-refractivity contribution is -0.120. The van der Waals surface area contributed by atoms with Crippen LogP contribution in [0, 0.1) is 11.8 Å². The van der Waals surface area contributed by atoms with Crippen LogP contribution in [0.3, 0.4) is 0 Å². The van der Waals surface area contributed by atoms with Gasteiger partial charge in [-0.3, -0.25) is 4.79 Å². The Hall–Kier alpha value is -0.370. The molecule has 0 heterocycles. The van der Waals surface area contributed by atoms with Gasteiger partial charge >= 0.3 is 0 Å². The molecule has 0 aliphatic rings. The number of aliphatic hydroxyl groups is 1. The highest BCUT2D eigenvalue weighted by Crippen LogP contribution is 2.07. The molecule has 0 amide bonds. The Kier molecular flexibility index (Phi) is 14.3. The Morgan fingerprint density at radius 3 is 1.62 bits per heavy atom. The summed E-state index contributed by atoms with van der Waals surface area (Å²) in [5.41, 5.74) is 0. The van der Waals surface area contributed by atoms with Crippen molar-refractivity contribution in [3.8, 4) is 0 Å². The van der Waals surface area contributed by atoms with Crippen LogP contribution in [0.5, 0.6) is 0 Å². The highest BCUT2D eigenvalue weighted by atomic mass is 16.2. The lowest BCUT2D eigenvalue weighted by Gasteiger charge is -2.05. The Bertz CT molecular complexity index is 135. The second-order valence-corrected chi connectivity index (χ2v) is 5.17.